The molecular formula is C9H12IN4O2Si. The monoisotopic (exact) mass is 363 g/mol. The fourth-order valence-electron chi connectivity index (χ4n) is 0.989. The summed E-state index contributed by atoms with van der Waals surface area (Å²) in [5, 5.41) is 10.3. The molecule has 0 bridgehead atoms. The predicted octanol–water partition coefficient (Wildman–Crippen LogP) is -0.614. The maximum absolute atomic E-state index is 11.1. The van der Waals surface area contributed by atoms with Gasteiger partial charge in [-0.3, -0.25) is 5.01 Å². The summed E-state index contributed by atoms with van der Waals surface area (Å²) in [6.45, 7) is 3.02. The lowest BCUT2D eigenvalue weighted by atomic mass is 10.1. The number of nitrogens with two attached hydrogens (primary N) is 1. The standard InChI is InChI=1S/C9H12IN4O2Si/c1-9(2,7(15)16)14(11)6-5(10-3)4-12-8(17)13-6/h4H,3,11H2,1-2H3,(H,15,16). The summed E-state index contributed by atoms with van der Waals surface area (Å²) in [4.78, 5) is 19.2. The van der Waals surface area contributed by atoms with E-state index in [0.717, 1.165) is 8.58 Å². The van der Waals surface area contributed by atoms with Gasteiger partial charge in [-0.2, -0.15) is 0 Å². The van der Waals surface area contributed by atoms with Gasteiger partial charge >= 0.3 is 5.97 Å². The Hall–Kier alpha value is -0.873. The van der Waals surface area contributed by atoms with Crippen molar-refractivity contribution in [2.45, 2.75) is 19.4 Å². The van der Waals surface area contributed by atoms with Crippen LogP contribution in [0.4, 0.5) is 5.82 Å². The van der Waals surface area contributed by atoms with Crippen LogP contribution in [-0.2, 0) is 4.79 Å². The molecule has 1 rings (SSSR count). The number of halogens is 1. The molecule has 0 atom stereocenters. The first-order valence-corrected chi connectivity index (χ1v) is 7.66. The van der Waals surface area contributed by atoms with Crippen LogP contribution in [0.5, 0.6) is 0 Å². The van der Waals surface area contributed by atoms with Gasteiger partial charge in [0.1, 0.15) is 21.2 Å². The van der Waals surface area contributed by atoms with Gasteiger partial charge in [-0.25, -0.2) is 20.6 Å². The zero-order chi connectivity index (χ0) is 13.2. The second kappa shape index (κ2) is 5.19. The van der Waals surface area contributed by atoms with Crippen molar-refractivity contribution in [1.29, 1.82) is 0 Å². The third-order valence-electron chi connectivity index (χ3n) is 2.22. The number of carboxylic acid groups (broad SMARTS) is 1. The Morgan fingerprint density at radius 2 is 2.29 bits per heavy atom. The van der Waals surface area contributed by atoms with Gasteiger partial charge in [0.25, 0.3) is 0 Å². The number of hydrogen-bond acceptors (Lipinski definition) is 5. The number of hydrazine groups is 1. The zero-order valence-electron chi connectivity index (χ0n) is 9.44. The molecule has 0 amide bonds. The van der Waals surface area contributed by atoms with Crippen molar-refractivity contribution >= 4 is 52.7 Å². The Bertz CT molecular complexity index is 466. The molecular weight excluding hydrogens is 351 g/mol. The van der Waals surface area contributed by atoms with Crippen LogP contribution >= 0.6 is 20.7 Å². The highest BCUT2D eigenvalue weighted by Gasteiger charge is 2.35. The van der Waals surface area contributed by atoms with Crippen molar-refractivity contribution in [1.82, 2.24) is 9.97 Å². The molecule has 1 aromatic rings. The molecule has 0 spiro atoms. The first-order valence-electron chi connectivity index (χ1n) is 4.56. The lowest BCUT2D eigenvalue weighted by Crippen LogP contribution is -2.55. The highest BCUT2D eigenvalue weighted by atomic mass is 127. The van der Waals surface area contributed by atoms with E-state index in [4.69, 9.17) is 10.9 Å². The first kappa shape index (κ1) is 14.2. The highest BCUT2D eigenvalue weighted by molar-refractivity contribution is 14.2. The quantitative estimate of drug-likeness (QED) is 0.321. The molecule has 1 aromatic heterocycles. The summed E-state index contributed by atoms with van der Waals surface area (Å²) in [6, 6.07) is 0. The SMILES string of the molecule is C=Ic1cnc([Si])nc1N(N)C(C)(C)C(=O)O. The van der Waals surface area contributed by atoms with Crippen LogP contribution in [0.1, 0.15) is 13.8 Å². The topological polar surface area (TPSA) is 92.3 Å². The van der Waals surface area contributed by atoms with Gasteiger partial charge in [0, 0.05) is 6.20 Å². The second-order valence-electron chi connectivity index (χ2n) is 3.73. The van der Waals surface area contributed by atoms with Gasteiger partial charge in [0.05, 0.1) is 3.57 Å². The fraction of sp³-hybridized carbons (Fsp3) is 0.333. The van der Waals surface area contributed by atoms with E-state index in [1.54, 1.807) is 6.20 Å². The van der Waals surface area contributed by atoms with E-state index < -0.39 is 32.2 Å². The summed E-state index contributed by atoms with van der Waals surface area (Å²) in [6.07, 6.45) is 1.61. The second-order valence-corrected chi connectivity index (χ2v) is 6.11. The molecule has 0 aliphatic carbocycles. The predicted molar refractivity (Wildman–Crippen MR) is 75.6 cm³/mol. The molecule has 3 N–H and O–H groups in total. The Morgan fingerprint density at radius 1 is 1.71 bits per heavy atom. The van der Waals surface area contributed by atoms with Gasteiger partial charge in [0.2, 0.25) is 0 Å². The van der Waals surface area contributed by atoms with E-state index in [2.05, 4.69) is 24.7 Å². The number of hydrogen-bond donors (Lipinski definition) is 2. The van der Waals surface area contributed by atoms with Crippen LogP contribution in [0.25, 0.3) is 0 Å². The molecule has 8 heteroatoms. The number of carbonyl (C=O) groups is 1. The van der Waals surface area contributed by atoms with Crippen LogP contribution in [0.2, 0.25) is 0 Å². The lowest BCUT2D eigenvalue weighted by Gasteiger charge is -2.32. The van der Waals surface area contributed by atoms with E-state index in [9.17, 15) is 4.79 Å². The Balaban J connectivity index is 3.28. The summed E-state index contributed by atoms with van der Waals surface area (Å²) < 4.78 is 4.63. The van der Waals surface area contributed by atoms with E-state index >= 15 is 0 Å². The van der Waals surface area contributed by atoms with Crippen LogP contribution in [0, 0.1) is 3.57 Å². The molecule has 1 heterocycles. The molecule has 0 aliphatic heterocycles. The maximum atomic E-state index is 11.1. The molecule has 6 nitrogen and oxygen atoms in total. The smallest absolute Gasteiger partial charge is 0.330 e. The molecule has 0 aromatic carbocycles. The normalized spacial score (nSPS) is 11.3. The van der Waals surface area contributed by atoms with Crippen molar-refractivity contribution in [3.63, 3.8) is 0 Å². The molecule has 17 heavy (non-hydrogen) atoms. The van der Waals surface area contributed by atoms with E-state index in [1.807, 2.05) is 0 Å². The molecule has 3 radical (unpaired) electrons. The van der Waals surface area contributed by atoms with E-state index in [-0.39, 0.29) is 0 Å². The van der Waals surface area contributed by atoms with Gasteiger partial charge in [0.15, 0.2) is 5.82 Å². The average Bonchev–Trinajstić information content (AvgIpc) is 2.27. The minimum atomic E-state index is -1.25. The summed E-state index contributed by atoms with van der Waals surface area (Å²) in [5.41, 5.74) is -0.890. The summed E-state index contributed by atoms with van der Waals surface area (Å²) in [7, 11) is 3.19. The van der Waals surface area contributed by atoms with E-state index in [1.165, 1.54) is 13.8 Å². The Morgan fingerprint density at radius 3 is 2.76 bits per heavy atom. The molecule has 0 unspecified atom stereocenters. The van der Waals surface area contributed by atoms with Crippen molar-refractivity contribution in [3.8, 4) is 0 Å². The lowest BCUT2D eigenvalue weighted by molar-refractivity contribution is -0.142. The largest absolute Gasteiger partial charge is 0.479 e. The fourth-order valence-corrected chi connectivity index (χ4v) is 2.22. The summed E-state index contributed by atoms with van der Waals surface area (Å²) in [5.74, 6) is 5.23. The number of aromatic nitrogens is 2. The summed E-state index contributed by atoms with van der Waals surface area (Å²) >= 11 is -0.538. The van der Waals surface area contributed by atoms with Gasteiger partial charge in [-0.1, -0.05) is 25.2 Å². The van der Waals surface area contributed by atoms with Gasteiger partial charge < -0.3 is 5.11 Å². The Labute approximate surface area is 112 Å². The molecule has 0 saturated carbocycles. The molecule has 0 fully saturated rings. The van der Waals surface area contributed by atoms with Gasteiger partial charge in [-0.05, 0) is 13.8 Å². The Kier molecular flexibility index (Phi) is 4.33. The van der Waals surface area contributed by atoms with Crippen LogP contribution in [-0.4, -0.2) is 41.3 Å². The first-order chi connectivity index (χ1) is 7.80. The van der Waals surface area contributed by atoms with Crippen LogP contribution in [0.15, 0.2) is 6.20 Å². The van der Waals surface area contributed by atoms with Gasteiger partial charge in [-0.15, -0.1) is 0 Å². The maximum Gasteiger partial charge on any atom is 0.330 e. The van der Waals surface area contributed by atoms with Crippen molar-refractivity contribution < 1.29 is 9.90 Å². The third kappa shape index (κ3) is 2.87. The molecule has 0 saturated heterocycles. The molecule has 91 valence electrons. The van der Waals surface area contributed by atoms with Crippen LogP contribution < -0.4 is 16.3 Å². The van der Waals surface area contributed by atoms with E-state index in [0.29, 0.717) is 11.3 Å². The number of carboxylic acids is 1. The average molecular weight is 363 g/mol. The van der Waals surface area contributed by atoms with Crippen molar-refractivity contribution in [2.75, 3.05) is 5.01 Å². The number of aliphatic carboxylic acids is 1. The molecule has 0 aliphatic rings. The highest BCUT2D eigenvalue weighted by Crippen LogP contribution is 2.24. The van der Waals surface area contributed by atoms with Crippen molar-refractivity contribution in [2.24, 2.45) is 5.84 Å². The number of rotatable bonds is 4. The minimum Gasteiger partial charge on any atom is -0.479 e. The number of nitrogens with zero attached hydrogens (tertiary/aromatic N) is 3. The van der Waals surface area contributed by atoms with Crippen LogP contribution in [0.3, 0.4) is 0 Å². The number of anilines is 1. The zero-order valence-corrected chi connectivity index (χ0v) is 12.6. The third-order valence-corrected chi connectivity index (χ3v) is 4.05. The van der Waals surface area contributed by atoms with Crippen molar-refractivity contribution in [3.05, 3.63) is 9.77 Å². The minimum absolute atomic E-state index is 0.359.